The summed E-state index contributed by atoms with van der Waals surface area (Å²) in [5.74, 6) is 1.73. The molecule has 1 aliphatic rings. The van der Waals surface area contributed by atoms with Crippen molar-refractivity contribution in [1.29, 1.82) is 0 Å². The maximum atomic E-state index is 4.53. The smallest absolute Gasteiger partial charge is 0.159 e. The molecule has 1 aliphatic heterocycles. The molecule has 0 N–H and O–H groups in total. The fourth-order valence-electron chi connectivity index (χ4n) is 3.39. The van der Waals surface area contributed by atoms with Gasteiger partial charge in [-0.15, -0.1) is 0 Å². The molecule has 2 aromatic heterocycles. The second kappa shape index (κ2) is 7.58. The quantitative estimate of drug-likeness (QED) is 0.724. The monoisotopic (exact) mass is 346 g/mol. The minimum atomic E-state index is 0.393. The molecule has 1 fully saturated rings. The van der Waals surface area contributed by atoms with E-state index in [0.29, 0.717) is 6.04 Å². The molecule has 0 bridgehead atoms. The van der Waals surface area contributed by atoms with Crippen LogP contribution in [0.15, 0.2) is 61.3 Å². The van der Waals surface area contributed by atoms with E-state index in [1.54, 1.807) is 12.4 Å². The number of hydrogen-bond acceptors (Lipinski definition) is 6. The standard InChI is InChI=1S/C20H22N6/c1-16-14-25(9-10-26(16)19-13-21-7-8-22-19)15-17-11-23-20(24-12-17)18-5-3-2-4-6-18/h2-8,11-13,16H,9-10,14-15H2,1H3. The van der Waals surface area contributed by atoms with Crippen molar-refractivity contribution in [2.24, 2.45) is 0 Å². The zero-order chi connectivity index (χ0) is 17.8. The van der Waals surface area contributed by atoms with Gasteiger partial charge in [-0.1, -0.05) is 30.3 Å². The first-order valence-electron chi connectivity index (χ1n) is 8.91. The van der Waals surface area contributed by atoms with Crippen LogP contribution < -0.4 is 4.90 Å². The number of aromatic nitrogens is 4. The summed E-state index contributed by atoms with van der Waals surface area (Å²) in [5, 5.41) is 0. The Bertz CT molecular complexity index is 822. The van der Waals surface area contributed by atoms with E-state index in [4.69, 9.17) is 0 Å². The molecular formula is C20H22N6. The number of hydrogen-bond donors (Lipinski definition) is 0. The summed E-state index contributed by atoms with van der Waals surface area (Å²) in [6.07, 6.45) is 9.18. The second-order valence-electron chi connectivity index (χ2n) is 6.62. The van der Waals surface area contributed by atoms with E-state index < -0.39 is 0 Å². The van der Waals surface area contributed by atoms with Crippen LogP contribution >= 0.6 is 0 Å². The molecule has 6 heteroatoms. The van der Waals surface area contributed by atoms with Crippen LogP contribution in [0.25, 0.3) is 11.4 Å². The average Bonchev–Trinajstić information content (AvgIpc) is 2.70. The van der Waals surface area contributed by atoms with Crippen molar-refractivity contribution in [3.8, 4) is 11.4 Å². The van der Waals surface area contributed by atoms with Gasteiger partial charge in [-0.25, -0.2) is 15.0 Å². The largest absolute Gasteiger partial charge is 0.350 e. The van der Waals surface area contributed by atoms with Crippen LogP contribution in [0, 0.1) is 0 Å². The van der Waals surface area contributed by atoms with E-state index in [1.165, 1.54) is 0 Å². The van der Waals surface area contributed by atoms with Gasteiger partial charge in [-0.05, 0) is 6.92 Å². The molecule has 0 amide bonds. The molecule has 0 aliphatic carbocycles. The van der Waals surface area contributed by atoms with Gasteiger partial charge in [0.05, 0.1) is 6.20 Å². The normalized spacial score (nSPS) is 18.0. The summed E-state index contributed by atoms with van der Waals surface area (Å²) < 4.78 is 0. The predicted molar refractivity (Wildman–Crippen MR) is 102 cm³/mol. The van der Waals surface area contributed by atoms with Crippen LogP contribution in [-0.2, 0) is 6.54 Å². The Hall–Kier alpha value is -2.86. The first-order valence-corrected chi connectivity index (χ1v) is 8.91. The molecule has 0 saturated carbocycles. The third kappa shape index (κ3) is 3.70. The molecule has 3 aromatic rings. The van der Waals surface area contributed by atoms with Gasteiger partial charge < -0.3 is 4.90 Å². The molecule has 1 atom stereocenters. The Balaban J connectivity index is 1.38. The highest BCUT2D eigenvalue weighted by Gasteiger charge is 2.24. The van der Waals surface area contributed by atoms with Crippen molar-refractivity contribution in [2.75, 3.05) is 24.5 Å². The number of anilines is 1. The van der Waals surface area contributed by atoms with Crippen LogP contribution in [0.3, 0.4) is 0 Å². The molecule has 1 saturated heterocycles. The van der Waals surface area contributed by atoms with Gasteiger partial charge in [0.15, 0.2) is 5.82 Å². The topological polar surface area (TPSA) is 58.0 Å². The lowest BCUT2D eigenvalue weighted by atomic mass is 10.1. The summed E-state index contributed by atoms with van der Waals surface area (Å²) in [7, 11) is 0. The van der Waals surface area contributed by atoms with Crippen molar-refractivity contribution in [3.63, 3.8) is 0 Å². The molecule has 0 spiro atoms. The molecule has 6 nitrogen and oxygen atoms in total. The van der Waals surface area contributed by atoms with Gasteiger partial charge in [0, 0.05) is 68.1 Å². The highest BCUT2D eigenvalue weighted by atomic mass is 15.3. The van der Waals surface area contributed by atoms with Gasteiger partial charge in [-0.3, -0.25) is 9.88 Å². The van der Waals surface area contributed by atoms with E-state index in [1.807, 2.05) is 48.9 Å². The van der Waals surface area contributed by atoms with Crippen molar-refractivity contribution < 1.29 is 0 Å². The highest BCUT2D eigenvalue weighted by molar-refractivity contribution is 5.53. The molecule has 1 aromatic carbocycles. The molecular weight excluding hydrogens is 324 g/mol. The maximum Gasteiger partial charge on any atom is 0.159 e. The summed E-state index contributed by atoms with van der Waals surface area (Å²) in [4.78, 5) is 22.4. The van der Waals surface area contributed by atoms with Crippen LogP contribution in [0.4, 0.5) is 5.82 Å². The fraction of sp³-hybridized carbons (Fsp3) is 0.300. The van der Waals surface area contributed by atoms with Gasteiger partial charge in [0.2, 0.25) is 0 Å². The highest BCUT2D eigenvalue weighted by Crippen LogP contribution is 2.19. The SMILES string of the molecule is CC1CN(Cc2cnc(-c3ccccc3)nc2)CCN1c1cnccn1. The molecule has 0 radical (unpaired) electrons. The number of benzene rings is 1. The molecule has 4 rings (SSSR count). The summed E-state index contributed by atoms with van der Waals surface area (Å²) in [6.45, 7) is 6.02. The second-order valence-corrected chi connectivity index (χ2v) is 6.62. The lowest BCUT2D eigenvalue weighted by molar-refractivity contribution is 0.220. The van der Waals surface area contributed by atoms with E-state index in [0.717, 1.165) is 48.9 Å². The summed E-state index contributed by atoms with van der Waals surface area (Å²) >= 11 is 0. The lowest BCUT2D eigenvalue weighted by Gasteiger charge is -2.40. The van der Waals surface area contributed by atoms with E-state index in [2.05, 4.69) is 36.7 Å². The van der Waals surface area contributed by atoms with Crippen LogP contribution in [0.1, 0.15) is 12.5 Å². The van der Waals surface area contributed by atoms with Crippen LogP contribution in [0.5, 0.6) is 0 Å². The van der Waals surface area contributed by atoms with Gasteiger partial charge in [-0.2, -0.15) is 0 Å². The third-order valence-electron chi connectivity index (χ3n) is 4.70. The molecule has 3 heterocycles. The predicted octanol–water partition coefficient (Wildman–Crippen LogP) is 2.64. The zero-order valence-corrected chi connectivity index (χ0v) is 14.9. The van der Waals surface area contributed by atoms with Gasteiger partial charge in [0.1, 0.15) is 5.82 Å². The Morgan fingerprint density at radius 1 is 0.962 bits per heavy atom. The molecule has 132 valence electrons. The maximum absolute atomic E-state index is 4.53. The minimum Gasteiger partial charge on any atom is -0.350 e. The van der Waals surface area contributed by atoms with E-state index in [-0.39, 0.29) is 0 Å². The Labute approximate surface area is 153 Å². The van der Waals surface area contributed by atoms with Crippen molar-refractivity contribution >= 4 is 5.82 Å². The summed E-state index contributed by atoms with van der Waals surface area (Å²) in [6, 6.07) is 10.5. The van der Waals surface area contributed by atoms with E-state index in [9.17, 15) is 0 Å². The van der Waals surface area contributed by atoms with Gasteiger partial charge in [0.25, 0.3) is 0 Å². The van der Waals surface area contributed by atoms with Crippen molar-refractivity contribution in [1.82, 2.24) is 24.8 Å². The van der Waals surface area contributed by atoms with Crippen molar-refractivity contribution in [3.05, 3.63) is 66.9 Å². The van der Waals surface area contributed by atoms with E-state index >= 15 is 0 Å². The van der Waals surface area contributed by atoms with Gasteiger partial charge >= 0.3 is 0 Å². The Morgan fingerprint density at radius 3 is 2.46 bits per heavy atom. The number of nitrogens with zero attached hydrogens (tertiary/aromatic N) is 6. The first kappa shape index (κ1) is 16.6. The summed E-state index contributed by atoms with van der Waals surface area (Å²) in [5.41, 5.74) is 2.19. The average molecular weight is 346 g/mol. The Morgan fingerprint density at radius 2 is 1.77 bits per heavy atom. The van der Waals surface area contributed by atoms with Crippen molar-refractivity contribution in [2.45, 2.75) is 19.5 Å². The number of rotatable bonds is 4. The minimum absolute atomic E-state index is 0.393. The zero-order valence-electron chi connectivity index (χ0n) is 14.9. The van der Waals surface area contributed by atoms with Crippen LogP contribution in [0.2, 0.25) is 0 Å². The van der Waals surface area contributed by atoms with Crippen LogP contribution in [-0.4, -0.2) is 50.5 Å². The third-order valence-corrected chi connectivity index (χ3v) is 4.70. The molecule has 26 heavy (non-hydrogen) atoms. The fourth-order valence-corrected chi connectivity index (χ4v) is 3.39. The number of piperazine rings is 1. The Kier molecular flexibility index (Phi) is 4.84. The molecule has 1 unspecified atom stereocenters. The lowest BCUT2D eigenvalue weighted by Crippen LogP contribution is -2.51. The first-order chi connectivity index (χ1) is 12.8.